The van der Waals surface area contributed by atoms with Gasteiger partial charge in [-0.1, -0.05) is 25.5 Å². The Hall–Kier alpha value is -0.590. The summed E-state index contributed by atoms with van der Waals surface area (Å²) in [6, 6.07) is 0. The van der Waals surface area contributed by atoms with Gasteiger partial charge in [-0.05, 0) is 30.1 Å². The van der Waals surface area contributed by atoms with Crippen LogP contribution < -0.4 is 0 Å². The van der Waals surface area contributed by atoms with Gasteiger partial charge in [0.05, 0.1) is 0 Å². The molecule has 0 spiro atoms. The minimum absolute atomic E-state index is 0.479. The van der Waals surface area contributed by atoms with Crippen molar-refractivity contribution >= 4 is 6.29 Å². The maximum Gasteiger partial charge on any atom is 0.124 e. The Labute approximate surface area is 73.8 Å². The lowest BCUT2D eigenvalue weighted by atomic mass is 9.48. The van der Waals surface area contributed by atoms with E-state index in [-0.39, 0.29) is 0 Å². The monoisotopic (exact) mass is 164 g/mol. The molecule has 66 valence electrons. The number of carbonyl (C=O) groups is 1. The van der Waals surface area contributed by atoms with E-state index in [4.69, 9.17) is 0 Å². The number of rotatable bonds is 2. The maximum atomic E-state index is 10.4. The van der Waals surface area contributed by atoms with Crippen LogP contribution in [0.15, 0.2) is 11.6 Å². The molecule has 1 heteroatoms. The molecule has 1 nitrogen and oxygen atoms in total. The first-order valence-electron chi connectivity index (χ1n) is 4.79. The molecule has 0 radical (unpaired) electrons. The van der Waals surface area contributed by atoms with Gasteiger partial charge in [-0.15, -0.1) is 0 Å². The van der Waals surface area contributed by atoms with E-state index in [0.29, 0.717) is 17.8 Å². The van der Waals surface area contributed by atoms with Gasteiger partial charge < -0.3 is 4.79 Å². The van der Waals surface area contributed by atoms with Gasteiger partial charge in [0.1, 0.15) is 6.29 Å². The fourth-order valence-corrected chi connectivity index (χ4v) is 2.80. The van der Waals surface area contributed by atoms with E-state index in [2.05, 4.69) is 19.9 Å². The fraction of sp³-hybridized carbons (Fsp3) is 0.727. The molecule has 0 N–H and O–H groups in total. The predicted octanol–water partition coefficient (Wildman–Crippen LogP) is 2.57. The van der Waals surface area contributed by atoms with Gasteiger partial charge in [0.2, 0.25) is 0 Å². The van der Waals surface area contributed by atoms with Crippen molar-refractivity contribution < 1.29 is 4.79 Å². The van der Waals surface area contributed by atoms with E-state index in [1.54, 1.807) is 0 Å². The molecular weight excluding hydrogens is 148 g/mol. The van der Waals surface area contributed by atoms with Crippen molar-refractivity contribution in [2.45, 2.75) is 33.1 Å². The molecule has 0 aliphatic heterocycles. The molecule has 1 saturated carbocycles. The molecule has 2 atom stereocenters. The molecule has 0 aromatic rings. The average molecular weight is 164 g/mol. The molecule has 3 aliphatic rings. The molecule has 2 bridgehead atoms. The van der Waals surface area contributed by atoms with Gasteiger partial charge in [0.25, 0.3) is 0 Å². The number of fused-ring (bicyclic) bond motifs is 1. The highest BCUT2D eigenvalue weighted by molar-refractivity contribution is 5.55. The molecule has 0 unspecified atom stereocenters. The largest absolute Gasteiger partial charge is 0.303 e. The number of aldehydes is 1. The smallest absolute Gasteiger partial charge is 0.124 e. The zero-order chi connectivity index (χ0) is 8.77. The predicted molar refractivity (Wildman–Crippen MR) is 48.8 cm³/mol. The summed E-state index contributed by atoms with van der Waals surface area (Å²) in [5, 5.41) is 0. The van der Waals surface area contributed by atoms with Crippen LogP contribution in [0.5, 0.6) is 0 Å². The summed E-state index contributed by atoms with van der Waals surface area (Å²) >= 11 is 0. The zero-order valence-corrected chi connectivity index (χ0v) is 7.84. The van der Waals surface area contributed by atoms with Crippen LogP contribution >= 0.6 is 0 Å². The molecule has 0 aromatic heterocycles. The van der Waals surface area contributed by atoms with E-state index in [1.807, 2.05) is 0 Å². The van der Waals surface area contributed by atoms with Crippen molar-refractivity contribution in [3.8, 4) is 0 Å². The molecule has 3 aliphatic carbocycles. The Bertz CT molecular complexity index is 237. The zero-order valence-electron chi connectivity index (χ0n) is 7.84. The Morgan fingerprint density at radius 2 is 2.42 bits per heavy atom. The fourth-order valence-electron chi connectivity index (χ4n) is 2.80. The molecule has 12 heavy (non-hydrogen) atoms. The first-order valence-corrected chi connectivity index (χ1v) is 4.79. The van der Waals surface area contributed by atoms with Crippen LogP contribution in [-0.2, 0) is 4.79 Å². The molecule has 3 rings (SSSR count). The Kier molecular flexibility index (Phi) is 1.64. The van der Waals surface area contributed by atoms with E-state index in [1.165, 1.54) is 18.4 Å². The highest BCUT2D eigenvalue weighted by Gasteiger charge is 2.50. The number of hydrogen-bond acceptors (Lipinski definition) is 1. The summed E-state index contributed by atoms with van der Waals surface area (Å²) < 4.78 is 0. The van der Waals surface area contributed by atoms with Crippen molar-refractivity contribution in [3.05, 3.63) is 11.6 Å². The quantitative estimate of drug-likeness (QED) is 0.453. The first kappa shape index (κ1) is 8.03. The van der Waals surface area contributed by atoms with Crippen LogP contribution in [0.3, 0.4) is 0 Å². The lowest BCUT2D eigenvalue weighted by molar-refractivity contribution is -0.107. The lowest BCUT2D eigenvalue weighted by Crippen LogP contribution is -2.48. The summed E-state index contributed by atoms with van der Waals surface area (Å²) in [5.74, 6) is 1.60. The topological polar surface area (TPSA) is 17.1 Å². The Morgan fingerprint density at radius 3 is 2.92 bits per heavy atom. The number of hydrogen-bond donors (Lipinski definition) is 0. The van der Waals surface area contributed by atoms with Gasteiger partial charge in [-0.3, -0.25) is 0 Å². The van der Waals surface area contributed by atoms with E-state index >= 15 is 0 Å². The molecule has 0 saturated heterocycles. The summed E-state index contributed by atoms with van der Waals surface area (Å²) in [4.78, 5) is 10.4. The van der Waals surface area contributed by atoms with Crippen LogP contribution in [-0.4, -0.2) is 6.29 Å². The third-order valence-corrected chi connectivity index (χ3v) is 3.90. The van der Waals surface area contributed by atoms with Crippen LogP contribution in [0, 0.1) is 17.3 Å². The lowest BCUT2D eigenvalue weighted by Gasteiger charge is -2.56. The summed E-state index contributed by atoms with van der Waals surface area (Å²) in [6.45, 7) is 4.67. The van der Waals surface area contributed by atoms with Crippen molar-refractivity contribution in [3.63, 3.8) is 0 Å². The van der Waals surface area contributed by atoms with E-state index < -0.39 is 0 Å². The van der Waals surface area contributed by atoms with Crippen LogP contribution in [0.4, 0.5) is 0 Å². The maximum absolute atomic E-state index is 10.4. The summed E-state index contributed by atoms with van der Waals surface area (Å²) in [5.41, 5.74) is 1.88. The third-order valence-electron chi connectivity index (χ3n) is 3.90. The number of carbonyl (C=O) groups excluding carboxylic acids is 1. The normalized spacial score (nSPS) is 36.7. The molecule has 1 fully saturated rings. The molecule has 0 amide bonds. The molecule has 0 heterocycles. The van der Waals surface area contributed by atoms with Crippen molar-refractivity contribution in [1.82, 2.24) is 0 Å². The standard InChI is InChI=1S/C11H16O/c1-11(2)9-4-3-8(5-6-12)10(11)7-9/h3,6,9-10H,4-5,7H2,1-2H3/t9-,10+/m0/s1. The highest BCUT2D eigenvalue weighted by Crippen LogP contribution is 2.59. The van der Waals surface area contributed by atoms with Gasteiger partial charge in [-0.2, -0.15) is 0 Å². The Morgan fingerprint density at radius 1 is 1.67 bits per heavy atom. The average Bonchev–Trinajstić information content (AvgIpc) is 2.05. The van der Waals surface area contributed by atoms with Crippen LogP contribution in [0.1, 0.15) is 33.1 Å². The third kappa shape index (κ3) is 0.886. The van der Waals surface area contributed by atoms with Crippen LogP contribution in [0.25, 0.3) is 0 Å². The Balaban J connectivity index is 2.18. The van der Waals surface area contributed by atoms with Gasteiger partial charge >= 0.3 is 0 Å². The van der Waals surface area contributed by atoms with Crippen molar-refractivity contribution in [2.75, 3.05) is 0 Å². The van der Waals surface area contributed by atoms with Crippen LogP contribution in [0.2, 0.25) is 0 Å². The molecular formula is C11H16O. The van der Waals surface area contributed by atoms with Gasteiger partial charge in [-0.25, -0.2) is 0 Å². The second-order valence-corrected chi connectivity index (χ2v) is 4.69. The van der Waals surface area contributed by atoms with Gasteiger partial charge in [0.15, 0.2) is 0 Å². The minimum Gasteiger partial charge on any atom is -0.303 e. The van der Waals surface area contributed by atoms with Crippen molar-refractivity contribution in [2.24, 2.45) is 17.3 Å². The van der Waals surface area contributed by atoms with Crippen molar-refractivity contribution in [1.29, 1.82) is 0 Å². The summed E-state index contributed by atoms with van der Waals surface area (Å²) in [7, 11) is 0. The summed E-state index contributed by atoms with van der Waals surface area (Å²) in [6.07, 6.45) is 6.53. The SMILES string of the molecule is CC1(C)[C@H]2CC=C(CC=O)[C@H]1C2. The first-order chi connectivity index (χ1) is 5.66. The molecule has 0 aromatic carbocycles. The van der Waals surface area contributed by atoms with E-state index in [0.717, 1.165) is 12.2 Å². The second-order valence-electron chi connectivity index (χ2n) is 4.69. The second kappa shape index (κ2) is 2.45. The van der Waals surface area contributed by atoms with Gasteiger partial charge in [0, 0.05) is 6.42 Å². The number of allylic oxidation sites excluding steroid dienone is 2. The van der Waals surface area contributed by atoms with E-state index in [9.17, 15) is 4.79 Å². The minimum atomic E-state index is 0.479. The highest BCUT2D eigenvalue weighted by atomic mass is 16.1.